The van der Waals surface area contributed by atoms with Crippen LogP contribution in [-0.2, 0) is 12.8 Å². The van der Waals surface area contributed by atoms with Crippen molar-refractivity contribution in [2.75, 3.05) is 13.1 Å². The third kappa shape index (κ3) is 6.93. The highest BCUT2D eigenvalue weighted by Gasteiger charge is 2.07. The molecule has 0 aliphatic heterocycles. The lowest BCUT2D eigenvalue weighted by Gasteiger charge is -2.16. The lowest BCUT2D eigenvalue weighted by atomic mass is 10.1. The first kappa shape index (κ1) is 22.4. The molecule has 0 saturated carbocycles. The fraction of sp³-hybridized carbons (Fsp3) is 0.526. The van der Waals surface area contributed by atoms with E-state index in [4.69, 9.17) is 4.52 Å². The third-order valence-corrected chi connectivity index (χ3v) is 4.00. The topological polar surface area (TPSA) is 75.3 Å². The summed E-state index contributed by atoms with van der Waals surface area (Å²) in [4.78, 5) is 9.00. The van der Waals surface area contributed by atoms with Crippen LogP contribution in [0.3, 0.4) is 0 Å². The van der Waals surface area contributed by atoms with E-state index in [0.717, 1.165) is 49.7 Å². The Bertz CT molecular complexity index is 669. The van der Waals surface area contributed by atoms with E-state index >= 15 is 0 Å². The lowest BCUT2D eigenvalue weighted by Crippen LogP contribution is -2.42. The summed E-state index contributed by atoms with van der Waals surface area (Å²) in [7, 11) is 0. The van der Waals surface area contributed by atoms with Crippen LogP contribution in [0.2, 0.25) is 0 Å². The van der Waals surface area contributed by atoms with Crippen molar-refractivity contribution in [3.63, 3.8) is 0 Å². The third-order valence-electron chi connectivity index (χ3n) is 4.00. The first-order valence-electron chi connectivity index (χ1n) is 9.12. The number of rotatable bonds is 8. The second kappa shape index (κ2) is 11.9. The van der Waals surface area contributed by atoms with Crippen molar-refractivity contribution in [3.8, 4) is 11.5 Å². The molecule has 6 nitrogen and oxygen atoms in total. The van der Waals surface area contributed by atoms with Gasteiger partial charge in [-0.05, 0) is 44.4 Å². The number of halogens is 1. The number of aromatic nitrogens is 2. The van der Waals surface area contributed by atoms with Crippen molar-refractivity contribution < 1.29 is 4.52 Å². The molecule has 7 heteroatoms. The van der Waals surface area contributed by atoms with Crippen LogP contribution in [0.15, 0.2) is 33.8 Å². The zero-order valence-electron chi connectivity index (χ0n) is 16.1. The van der Waals surface area contributed by atoms with Crippen molar-refractivity contribution >= 4 is 29.9 Å². The summed E-state index contributed by atoms with van der Waals surface area (Å²) >= 11 is 0. The number of benzene rings is 1. The Morgan fingerprint density at radius 3 is 2.50 bits per heavy atom. The number of guanidine groups is 1. The molecule has 0 radical (unpaired) electrons. The average Bonchev–Trinajstić information content (AvgIpc) is 3.11. The molecule has 1 aromatic carbocycles. The Balaban J connectivity index is 0.00000338. The van der Waals surface area contributed by atoms with Crippen LogP contribution >= 0.6 is 24.0 Å². The average molecular weight is 471 g/mol. The van der Waals surface area contributed by atoms with E-state index in [1.165, 1.54) is 5.56 Å². The summed E-state index contributed by atoms with van der Waals surface area (Å²) in [6.45, 7) is 10.0. The molecule has 26 heavy (non-hydrogen) atoms. The number of nitrogens with zero attached hydrogens (tertiary/aromatic N) is 3. The second-order valence-electron chi connectivity index (χ2n) is 6.03. The van der Waals surface area contributed by atoms with Crippen molar-refractivity contribution in [3.05, 3.63) is 35.7 Å². The highest BCUT2D eigenvalue weighted by atomic mass is 127. The van der Waals surface area contributed by atoms with Crippen molar-refractivity contribution in [2.45, 2.75) is 53.0 Å². The predicted octanol–water partition coefficient (Wildman–Crippen LogP) is 3.81. The Morgan fingerprint density at radius 2 is 1.92 bits per heavy atom. The largest absolute Gasteiger partial charge is 0.357 e. The molecule has 1 heterocycles. The van der Waals surface area contributed by atoms with E-state index < -0.39 is 0 Å². The van der Waals surface area contributed by atoms with Gasteiger partial charge in [0.15, 0.2) is 11.8 Å². The SMILES string of the molecule is CCNC(=NCCc1ccc(-c2nc(CC)no2)cc1)NC(C)CC.I. The molecule has 2 aromatic rings. The van der Waals surface area contributed by atoms with Gasteiger partial charge < -0.3 is 15.2 Å². The molecule has 2 rings (SSSR count). The molecule has 0 aliphatic carbocycles. The number of hydrogen-bond donors (Lipinski definition) is 2. The maximum atomic E-state index is 5.27. The molecule has 1 unspecified atom stereocenters. The highest BCUT2D eigenvalue weighted by molar-refractivity contribution is 14.0. The molecule has 0 aliphatic rings. The van der Waals surface area contributed by atoms with Gasteiger partial charge in [-0.2, -0.15) is 4.98 Å². The normalized spacial score (nSPS) is 12.4. The Hall–Kier alpha value is -1.64. The van der Waals surface area contributed by atoms with Crippen LogP contribution < -0.4 is 10.6 Å². The standard InChI is InChI=1S/C19H29N5O.HI/c1-5-14(4)22-19(20-7-3)21-13-12-15-8-10-16(11-9-15)18-23-17(6-2)24-25-18;/h8-11,14H,5-7,12-13H2,1-4H3,(H2,20,21,22);1H. The van der Waals surface area contributed by atoms with Gasteiger partial charge in [0.1, 0.15) is 0 Å². The molecule has 0 amide bonds. The number of hydrogen-bond acceptors (Lipinski definition) is 4. The fourth-order valence-corrected chi connectivity index (χ4v) is 2.28. The van der Waals surface area contributed by atoms with Crippen LogP contribution in [-0.4, -0.2) is 35.2 Å². The zero-order valence-corrected chi connectivity index (χ0v) is 18.4. The predicted molar refractivity (Wildman–Crippen MR) is 117 cm³/mol. The second-order valence-corrected chi connectivity index (χ2v) is 6.03. The van der Waals surface area contributed by atoms with E-state index in [-0.39, 0.29) is 24.0 Å². The number of nitrogens with one attached hydrogen (secondary N) is 2. The minimum atomic E-state index is 0. The molecular weight excluding hydrogens is 441 g/mol. The van der Waals surface area contributed by atoms with Gasteiger partial charge in [0.25, 0.3) is 5.89 Å². The maximum absolute atomic E-state index is 5.27. The molecule has 1 atom stereocenters. The van der Waals surface area contributed by atoms with Crippen LogP contribution in [0.4, 0.5) is 0 Å². The maximum Gasteiger partial charge on any atom is 0.257 e. The van der Waals surface area contributed by atoms with Gasteiger partial charge in [0.05, 0.1) is 0 Å². The van der Waals surface area contributed by atoms with Gasteiger partial charge in [-0.1, -0.05) is 31.1 Å². The summed E-state index contributed by atoms with van der Waals surface area (Å²) in [6.07, 6.45) is 2.74. The van der Waals surface area contributed by atoms with Crippen LogP contribution in [0, 0.1) is 0 Å². The Kier molecular flexibility index (Phi) is 10.2. The Morgan fingerprint density at radius 1 is 1.19 bits per heavy atom. The van der Waals surface area contributed by atoms with Gasteiger partial charge in [0, 0.05) is 31.1 Å². The monoisotopic (exact) mass is 471 g/mol. The molecule has 2 N–H and O–H groups in total. The molecule has 0 fully saturated rings. The van der Waals surface area contributed by atoms with E-state index in [9.17, 15) is 0 Å². The van der Waals surface area contributed by atoms with Crippen LogP contribution in [0.25, 0.3) is 11.5 Å². The minimum Gasteiger partial charge on any atom is -0.357 e. The van der Waals surface area contributed by atoms with Crippen molar-refractivity contribution in [1.82, 2.24) is 20.8 Å². The van der Waals surface area contributed by atoms with E-state index in [0.29, 0.717) is 11.9 Å². The molecule has 144 valence electrons. The quantitative estimate of drug-likeness (QED) is 0.348. The van der Waals surface area contributed by atoms with Crippen molar-refractivity contribution in [2.24, 2.45) is 4.99 Å². The zero-order chi connectivity index (χ0) is 18.1. The molecule has 0 saturated heterocycles. The molecule has 0 bridgehead atoms. The first-order chi connectivity index (χ1) is 12.2. The highest BCUT2D eigenvalue weighted by Crippen LogP contribution is 2.18. The minimum absolute atomic E-state index is 0. The summed E-state index contributed by atoms with van der Waals surface area (Å²) in [5.74, 6) is 2.19. The van der Waals surface area contributed by atoms with Crippen molar-refractivity contribution in [1.29, 1.82) is 0 Å². The smallest absolute Gasteiger partial charge is 0.257 e. The molecule has 1 aromatic heterocycles. The van der Waals surface area contributed by atoms with Crippen LogP contribution in [0.1, 0.15) is 45.5 Å². The van der Waals surface area contributed by atoms with E-state index in [1.807, 2.05) is 19.1 Å². The number of aryl methyl sites for hydroxylation is 1. The summed E-state index contributed by atoms with van der Waals surface area (Å²) in [6, 6.07) is 8.65. The van der Waals surface area contributed by atoms with Gasteiger partial charge in [-0.25, -0.2) is 0 Å². The summed E-state index contributed by atoms with van der Waals surface area (Å²) in [5.41, 5.74) is 2.19. The molecule has 0 spiro atoms. The fourth-order valence-electron chi connectivity index (χ4n) is 2.28. The van der Waals surface area contributed by atoms with E-state index in [2.05, 4.69) is 58.7 Å². The summed E-state index contributed by atoms with van der Waals surface area (Å²) < 4.78 is 5.27. The van der Waals surface area contributed by atoms with E-state index in [1.54, 1.807) is 0 Å². The first-order valence-corrected chi connectivity index (χ1v) is 9.12. The molecular formula is C19H30IN5O. The summed E-state index contributed by atoms with van der Waals surface area (Å²) in [5, 5.41) is 10.6. The lowest BCUT2D eigenvalue weighted by molar-refractivity contribution is 0.423. The number of aliphatic imine (C=N–C) groups is 1. The van der Waals surface area contributed by atoms with Gasteiger partial charge in [-0.3, -0.25) is 4.99 Å². The van der Waals surface area contributed by atoms with Gasteiger partial charge >= 0.3 is 0 Å². The van der Waals surface area contributed by atoms with Gasteiger partial charge in [0.2, 0.25) is 0 Å². The Labute approximate surface area is 173 Å². The van der Waals surface area contributed by atoms with Crippen LogP contribution in [0.5, 0.6) is 0 Å². The van der Waals surface area contributed by atoms with Gasteiger partial charge in [-0.15, -0.1) is 24.0 Å².